The minimum atomic E-state index is -3.18. The highest BCUT2D eigenvalue weighted by molar-refractivity contribution is 7.89. The third-order valence-corrected chi connectivity index (χ3v) is 6.24. The van der Waals surface area contributed by atoms with E-state index in [9.17, 15) is 8.42 Å². The van der Waals surface area contributed by atoms with E-state index in [1.807, 2.05) is 7.05 Å². The van der Waals surface area contributed by atoms with Gasteiger partial charge in [-0.25, -0.2) is 18.4 Å². The number of rotatable bonds is 4. The summed E-state index contributed by atoms with van der Waals surface area (Å²) in [6.07, 6.45) is 2.80. The third-order valence-electron chi connectivity index (χ3n) is 4.41. The fourth-order valence-electron chi connectivity index (χ4n) is 3.11. The van der Waals surface area contributed by atoms with Crippen LogP contribution in [0.5, 0.6) is 0 Å². The minimum Gasteiger partial charge on any atom is -0.373 e. The van der Waals surface area contributed by atoms with Crippen LogP contribution in [0.3, 0.4) is 0 Å². The molecule has 1 aromatic heterocycles. The van der Waals surface area contributed by atoms with Gasteiger partial charge in [0.05, 0.1) is 24.0 Å². The minimum absolute atomic E-state index is 0.128. The maximum absolute atomic E-state index is 12.1. The topological polar surface area (TPSA) is 87.2 Å². The molecule has 0 radical (unpaired) electrons. The maximum Gasteiger partial charge on any atom is 0.214 e. The van der Waals surface area contributed by atoms with Crippen molar-refractivity contribution in [3.63, 3.8) is 0 Å². The van der Waals surface area contributed by atoms with Crippen LogP contribution in [0.2, 0.25) is 0 Å². The van der Waals surface area contributed by atoms with Gasteiger partial charge in [-0.1, -0.05) is 0 Å². The van der Waals surface area contributed by atoms with Gasteiger partial charge < -0.3 is 10.6 Å². The van der Waals surface area contributed by atoms with Crippen LogP contribution in [0.1, 0.15) is 42.9 Å². The zero-order valence-corrected chi connectivity index (χ0v) is 13.9. The summed E-state index contributed by atoms with van der Waals surface area (Å²) in [6.45, 7) is 3.51. The Hall–Kier alpha value is -1.25. The van der Waals surface area contributed by atoms with Gasteiger partial charge in [-0.15, -0.1) is 0 Å². The number of hydrogen-bond donors (Lipinski definition) is 2. The first-order valence-corrected chi connectivity index (χ1v) is 9.44. The molecular weight excluding hydrogens is 302 g/mol. The molecule has 122 valence electrons. The molecule has 3 heterocycles. The normalized spacial score (nSPS) is 22.5. The molecule has 7 nitrogen and oxygen atoms in total. The standard InChI is InChI=1S/C14H23N5O2S/c1-3-22(20,21)19-8-6-10-12(9-19)17-14(18-13(10)15-2)11-5-4-7-16-11/h11,16H,3-9H2,1-2H3,(H,15,17,18)/t11-/m1/s1. The number of aromatic nitrogens is 2. The Morgan fingerprint density at radius 3 is 2.86 bits per heavy atom. The Bertz CT molecular complexity index is 655. The molecule has 8 heteroatoms. The fourth-order valence-corrected chi connectivity index (χ4v) is 4.17. The molecular formula is C14H23N5O2S. The zero-order valence-electron chi connectivity index (χ0n) is 13.1. The Labute approximate surface area is 131 Å². The summed E-state index contributed by atoms with van der Waals surface area (Å²) in [5.41, 5.74) is 1.89. The van der Waals surface area contributed by atoms with Crippen LogP contribution in [0.25, 0.3) is 0 Å². The van der Waals surface area contributed by atoms with E-state index < -0.39 is 10.0 Å². The summed E-state index contributed by atoms with van der Waals surface area (Å²) < 4.78 is 25.8. The van der Waals surface area contributed by atoms with Crippen LogP contribution in [0.4, 0.5) is 5.82 Å². The number of fused-ring (bicyclic) bond motifs is 1. The lowest BCUT2D eigenvalue weighted by Crippen LogP contribution is -2.38. The summed E-state index contributed by atoms with van der Waals surface area (Å²) >= 11 is 0. The highest BCUT2D eigenvalue weighted by Gasteiger charge is 2.30. The summed E-state index contributed by atoms with van der Waals surface area (Å²) in [5.74, 6) is 1.74. The van der Waals surface area contributed by atoms with Crippen molar-refractivity contribution in [2.45, 2.75) is 38.8 Å². The van der Waals surface area contributed by atoms with Crippen molar-refractivity contribution in [3.8, 4) is 0 Å². The number of hydrogen-bond acceptors (Lipinski definition) is 6. The van der Waals surface area contributed by atoms with Gasteiger partial charge in [0.2, 0.25) is 10.0 Å². The molecule has 0 unspecified atom stereocenters. The molecule has 0 aliphatic carbocycles. The van der Waals surface area contributed by atoms with Crippen molar-refractivity contribution >= 4 is 15.8 Å². The van der Waals surface area contributed by atoms with E-state index in [2.05, 4.69) is 20.6 Å². The number of anilines is 1. The van der Waals surface area contributed by atoms with E-state index in [1.54, 1.807) is 6.92 Å². The largest absolute Gasteiger partial charge is 0.373 e. The van der Waals surface area contributed by atoms with E-state index in [1.165, 1.54) is 4.31 Å². The lowest BCUT2D eigenvalue weighted by Gasteiger charge is -2.28. The molecule has 22 heavy (non-hydrogen) atoms. The molecule has 2 aliphatic rings. The quantitative estimate of drug-likeness (QED) is 0.845. The van der Waals surface area contributed by atoms with Gasteiger partial charge in [-0.05, 0) is 32.7 Å². The highest BCUT2D eigenvalue weighted by atomic mass is 32.2. The predicted octanol–water partition coefficient (Wildman–Crippen LogP) is 0.651. The molecule has 3 rings (SSSR count). The molecule has 2 aliphatic heterocycles. The Kier molecular flexibility index (Phi) is 4.33. The van der Waals surface area contributed by atoms with Gasteiger partial charge in [0.1, 0.15) is 11.6 Å². The van der Waals surface area contributed by atoms with Crippen molar-refractivity contribution < 1.29 is 8.42 Å². The first-order chi connectivity index (χ1) is 10.5. The second-order valence-corrected chi connectivity index (χ2v) is 8.00. The van der Waals surface area contributed by atoms with Gasteiger partial charge >= 0.3 is 0 Å². The van der Waals surface area contributed by atoms with E-state index in [-0.39, 0.29) is 11.8 Å². The Balaban J connectivity index is 1.96. The van der Waals surface area contributed by atoms with E-state index in [4.69, 9.17) is 0 Å². The highest BCUT2D eigenvalue weighted by Crippen LogP contribution is 2.28. The molecule has 1 atom stereocenters. The van der Waals surface area contributed by atoms with Crippen LogP contribution in [0, 0.1) is 0 Å². The zero-order chi connectivity index (χ0) is 15.7. The SMILES string of the molecule is CCS(=O)(=O)N1CCc2c(nc([C@H]3CCCN3)nc2NC)C1. The smallest absolute Gasteiger partial charge is 0.214 e. The summed E-state index contributed by atoms with van der Waals surface area (Å²) in [7, 11) is -1.33. The van der Waals surface area contributed by atoms with E-state index in [0.717, 1.165) is 42.3 Å². The number of nitrogens with one attached hydrogen (secondary N) is 2. The van der Waals surface area contributed by atoms with Gasteiger partial charge in [-0.2, -0.15) is 4.31 Å². The van der Waals surface area contributed by atoms with Crippen LogP contribution >= 0.6 is 0 Å². The van der Waals surface area contributed by atoms with Crippen molar-refractivity contribution in [1.29, 1.82) is 0 Å². The molecule has 2 N–H and O–H groups in total. The van der Waals surface area contributed by atoms with Crippen molar-refractivity contribution in [2.75, 3.05) is 31.2 Å². The number of sulfonamides is 1. The molecule has 0 spiro atoms. The second-order valence-electron chi connectivity index (χ2n) is 5.74. The van der Waals surface area contributed by atoms with Gasteiger partial charge in [0.25, 0.3) is 0 Å². The molecule has 0 bridgehead atoms. The molecule has 0 aromatic carbocycles. The second kappa shape index (κ2) is 6.10. The Morgan fingerprint density at radius 1 is 1.41 bits per heavy atom. The number of nitrogens with zero attached hydrogens (tertiary/aromatic N) is 3. The Morgan fingerprint density at radius 2 is 2.23 bits per heavy atom. The van der Waals surface area contributed by atoms with Crippen LogP contribution in [-0.2, 0) is 23.0 Å². The molecule has 0 saturated carbocycles. The molecule has 1 fully saturated rings. The van der Waals surface area contributed by atoms with Crippen molar-refractivity contribution in [1.82, 2.24) is 19.6 Å². The predicted molar refractivity (Wildman–Crippen MR) is 85.1 cm³/mol. The van der Waals surface area contributed by atoms with Crippen molar-refractivity contribution in [2.24, 2.45) is 0 Å². The van der Waals surface area contributed by atoms with Gasteiger partial charge in [0.15, 0.2) is 0 Å². The van der Waals surface area contributed by atoms with Crippen LogP contribution < -0.4 is 10.6 Å². The molecule has 1 aromatic rings. The first-order valence-electron chi connectivity index (χ1n) is 7.83. The first kappa shape index (κ1) is 15.6. The monoisotopic (exact) mass is 325 g/mol. The summed E-state index contributed by atoms with van der Waals surface area (Å²) in [5, 5.41) is 6.54. The molecule has 1 saturated heterocycles. The van der Waals surface area contributed by atoms with E-state index in [0.29, 0.717) is 19.5 Å². The van der Waals surface area contributed by atoms with Crippen molar-refractivity contribution in [3.05, 3.63) is 17.1 Å². The summed E-state index contributed by atoms with van der Waals surface area (Å²) in [4.78, 5) is 9.32. The average Bonchev–Trinajstić information content (AvgIpc) is 3.07. The van der Waals surface area contributed by atoms with E-state index >= 15 is 0 Å². The third kappa shape index (κ3) is 2.82. The lowest BCUT2D eigenvalue weighted by atomic mass is 10.1. The van der Waals surface area contributed by atoms with Gasteiger partial charge in [-0.3, -0.25) is 0 Å². The maximum atomic E-state index is 12.1. The van der Waals surface area contributed by atoms with Gasteiger partial charge in [0, 0.05) is 19.2 Å². The lowest BCUT2D eigenvalue weighted by molar-refractivity contribution is 0.384. The molecule has 0 amide bonds. The summed E-state index contributed by atoms with van der Waals surface area (Å²) in [6, 6.07) is 0.176. The fraction of sp³-hybridized carbons (Fsp3) is 0.714. The average molecular weight is 325 g/mol. The van der Waals surface area contributed by atoms with Crippen LogP contribution in [0.15, 0.2) is 0 Å². The van der Waals surface area contributed by atoms with Crippen LogP contribution in [-0.4, -0.2) is 48.6 Å².